The Morgan fingerprint density at radius 2 is 1.29 bits per heavy atom. The Labute approximate surface area is 180 Å². The first-order chi connectivity index (χ1) is 12.6. The number of hydrogen-bond donors (Lipinski definition) is 0. The minimum atomic E-state index is -0.437. The average Bonchev–Trinajstić information content (AvgIpc) is 3.34. The van der Waals surface area contributed by atoms with E-state index in [0.29, 0.717) is 11.8 Å². The number of carbonyl (C=O) groups excluding carboxylic acids is 2. The molecule has 0 unspecified atom stereocenters. The third kappa shape index (κ3) is 5.97. The fourth-order valence-electron chi connectivity index (χ4n) is 2.46. The fraction of sp³-hybridized carbons (Fsp3) is 0.400. The molecule has 0 aromatic carbocycles. The average molecular weight is 428 g/mol. The summed E-state index contributed by atoms with van der Waals surface area (Å²) >= 11 is 0. The largest absolute Gasteiger partial charge is 2.00 e. The van der Waals surface area contributed by atoms with E-state index in [2.05, 4.69) is 9.47 Å². The van der Waals surface area contributed by atoms with Gasteiger partial charge in [-0.15, -0.1) is 0 Å². The van der Waals surface area contributed by atoms with Crippen LogP contribution >= 0.6 is 0 Å². The summed E-state index contributed by atoms with van der Waals surface area (Å²) in [5.74, 6) is 1.34. The number of hydrogen-bond acceptors (Lipinski definition) is 6. The topological polar surface area (TPSA) is 71.1 Å². The van der Waals surface area contributed by atoms with Crippen LogP contribution in [0.1, 0.15) is 27.7 Å². The molecule has 0 N–H and O–H groups in total. The molecular formula is C20H25BFeO6+2. The van der Waals surface area contributed by atoms with Gasteiger partial charge in [0.05, 0.1) is 37.3 Å². The molecule has 3 aliphatic rings. The molecule has 1 aliphatic heterocycles. The van der Waals surface area contributed by atoms with E-state index >= 15 is 0 Å². The van der Waals surface area contributed by atoms with E-state index in [1.165, 1.54) is 14.2 Å². The van der Waals surface area contributed by atoms with E-state index in [0.717, 1.165) is 5.82 Å². The zero-order valence-electron chi connectivity index (χ0n) is 16.9. The standard InChI is InChI=1S/C13H18BO4.C7H7O2.Fe/c1-12(2)13(3,4)18-14(17-12)10-7-6-9(8-10)11(15)16-5;1-9-7(8)6-4-2-3-5-6;/h6-8H,1-5H3;2-5H,1H3;/q;;+2. The maximum Gasteiger partial charge on any atom is 2.00 e. The van der Waals surface area contributed by atoms with Crippen LogP contribution < -0.4 is 0 Å². The van der Waals surface area contributed by atoms with Crippen molar-refractivity contribution in [3.05, 3.63) is 62.6 Å². The van der Waals surface area contributed by atoms with Gasteiger partial charge in [-0.1, -0.05) is 0 Å². The van der Waals surface area contributed by atoms with E-state index in [1.54, 1.807) is 38.5 Å². The maximum absolute atomic E-state index is 11.4. The molecule has 0 spiro atoms. The number of rotatable bonds is 3. The first-order valence-corrected chi connectivity index (χ1v) is 8.62. The molecule has 2 saturated carbocycles. The smallest absolute Gasteiger partial charge is 0.469 e. The molecule has 150 valence electrons. The van der Waals surface area contributed by atoms with Gasteiger partial charge < -0.3 is 18.8 Å². The third-order valence-electron chi connectivity index (χ3n) is 4.81. The van der Waals surface area contributed by atoms with Gasteiger partial charge in [-0.05, 0) is 72.6 Å². The van der Waals surface area contributed by atoms with Gasteiger partial charge in [-0.25, -0.2) is 0 Å². The van der Waals surface area contributed by atoms with Crippen LogP contribution in [0.3, 0.4) is 0 Å². The molecule has 8 heteroatoms. The summed E-state index contributed by atoms with van der Waals surface area (Å²) < 4.78 is 20.9. The van der Waals surface area contributed by atoms with Crippen molar-refractivity contribution in [2.75, 3.05) is 14.2 Å². The van der Waals surface area contributed by atoms with Crippen molar-refractivity contribution in [2.45, 2.75) is 38.9 Å². The zero-order valence-corrected chi connectivity index (χ0v) is 18.0. The first-order valence-electron chi connectivity index (χ1n) is 8.62. The summed E-state index contributed by atoms with van der Waals surface area (Å²) in [4.78, 5) is 22.0. The van der Waals surface area contributed by atoms with Crippen LogP contribution in [0.15, 0.2) is 0 Å². The van der Waals surface area contributed by atoms with Crippen molar-refractivity contribution in [3.8, 4) is 0 Å². The van der Waals surface area contributed by atoms with E-state index in [1.807, 2.05) is 34.1 Å². The summed E-state index contributed by atoms with van der Waals surface area (Å²) in [5, 5.41) is 0. The minimum Gasteiger partial charge on any atom is -0.469 e. The van der Waals surface area contributed by atoms with Crippen LogP contribution in [0.4, 0.5) is 0 Å². The molecule has 1 heterocycles. The Morgan fingerprint density at radius 3 is 1.75 bits per heavy atom. The summed E-state index contributed by atoms with van der Waals surface area (Å²) in [5.41, 5.74) is -0.749. The second kappa shape index (κ2) is 10.5. The van der Waals surface area contributed by atoms with Gasteiger partial charge >= 0.3 is 36.1 Å². The van der Waals surface area contributed by atoms with Crippen molar-refractivity contribution in [3.63, 3.8) is 0 Å². The number of esters is 2. The summed E-state index contributed by atoms with van der Waals surface area (Å²) in [7, 11) is 2.30. The van der Waals surface area contributed by atoms with E-state index < -0.39 is 7.12 Å². The zero-order chi connectivity index (χ0) is 20.2. The van der Waals surface area contributed by atoms with E-state index in [9.17, 15) is 9.59 Å². The van der Waals surface area contributed by atoms with Crippen LogP contribution in [0.25, 0.3) is 0 Å². The molecule has 28 heavy (non-hydrogen) atoms. The maximum atomic E-state index is 11.4. The van der Waals surface area contributed by atoms with Gasteiger partial charge in [0.15, 0.2) is 0 Å². The molecule has 6 nitrogen and oxygen atoms in total. The quantitative estimate of drug-likeness (QED) is 0.507. The van der Waals surface area contributed by atoms with Gasteiger partial charge in [0.25, 0.3) is 0 Å². The number of methoxy groups -OCH3 is 2. The van der Waals surface area contributed by atoms with Crippen molar-refractivity contribution >= 4 is 19.1 Å². The Bertz CT molecular complexity index is 517. The van der Waals surface area contributed by atoms with Crippen LogP contribution in [0.2, 0.25) is 0 Å². The van der Waals surface area contributed by atoms with E-state index in [4.69, 9.17) is 9.31 Å². The SMILES string of the molecule is COC(=O)[C]1[CH][CH][CH][CH]1.COC(=O)[C]1[CH][CH][C](B2OC(C)(C)C(C)(C)O2)[CH]1.[Fe+2]. The van der Waals surface area contributed by atoms with Gasteiger partial charge in [0, 0.05) is 5.82 Å². The van der Waals surface area contributed by atoms with Crippen molar-refractivity contribution < 1.29 is 45.4 Å². The second-order valence-electron chi connectivity index (χ2n) is 7.18. The molecule has 10 radical (unpaired) electrons. The normalized spacial score (nSPS) is 24.3. The molecule has 0 bridgehead atoms. The molecular weight excluding hydrogens is 403 g/mol. The van der Waals surface area contributed by atoms with E-state index in [-0.39, 0.29) is 40.2 Å². The third-order valence-corrected chi connectivity index (χ3v) is 4.81. The monoisotopic (exact) mass is 428 g/mol. The van der Waals surface area contributed by atoms with Crippen LogP contribution in [0, 0.1) is 62.6 Å². The Hall–Kier alpha value is -0.556. The number of ether oxygens (including phenoxy) is 2. The molecule has 0 amide bonds. The Morgan fingerprint density at radius 1 is 0.821 bits per heavy atom. The van der Waals surface area contributed by atoms with Crippen LogP contribution in [-0.4, -0.2) is 44.5 Å². The summed E-state index contributed by atoms with van der Waals surface area (Å²) in [6, 6.07) is 0. The molecule has 0 aromatic heterocycles. The van der Waals surface area contributed by atoms with Crippen LogP contribution in [-0.2, 0) is 45.4 Å². The van der Waals surface area contributed by atoms with Gasteiger partial charge in [-0.2, -0.15) is 0 Å². The minimum absolute atomic E-state index is 0. The van der Waals surface area contributed by atoms with Crippen molar-refractivity contribution in [1.82, 2.24) is 0 Å². The van der Waals surface area contributed by atoms with Gasteiger partial charge in [-0.3, -0.25) is 9.59 Å². The molecule has 2 aliphatic carbocycles. The Balaban J connectivity index is 0.000000332. The summed E-state index contributed by atoms with van der Waals surface area (Å²) in [6.07, 6.45) is 12.3. The molecule has 1 saturated heterocycles. The molecule has 0 aromatic rings. The fourth-order valence-corrected chi connectivity index (χ4v) is 2.46. The van der Waals surface area contributed by atoms with Gasteiger partial charge in [0.2, 0.25) is 0 Å². The predicted molar refractivity (Wildman–Crippen MR) is 99.9 cm³/mol. The predicted octanol–water partition coefficient (Wildman–Crippen LogP) is 2.13. The number of carbonyl (C=O) groups is 2. The molecule has 3 fully saturated rings. The van der Waals surface area contributed by atoms with Crippen molar-refractivity contribution in [1.29, 1.82) is 0 Å². The molecule has 0 atom stereocenters. The molecule has 3 rings (SSSR count). The van der Waals surface area contributed by atoms with Crippen LogP contribution in [0.5, 0.6) is 0 Å². The first kappa shape index (κ1) is 25.5. The summed E-state index contributed by atoms with van der Waals surface area (Å²) in [6.45, 7) is 7.99. The Kier molecular flexibility index (Phi) is 9.52. The van der Waals surface area contributed by atoms with Gasteiger partial charge in [0.1, 0.15) is 0 Å². The van der Waals surface area contributed by atoms with Crippen molar-refractivity contribution in [2.24, 2.45) is 0 Å². The second-order valence-corrected chi connectivity index (χ2v) is 7.18.